The van der Waals surface area contributed by atoms with Crippen LogP contribution in [0.5, 0.6) is 5.75 Å². The number of hydrogen-bond donors (Lipinski definition) is 2. The number of halogens is 1. The Kier molecular flexibility index (Phi) is 7.22. The normalized spacial score (nSPS) is 16.2. The Morgan fingerprint density at radius 3 is 2.77 bits per heavy atom. The molecular weight excluding hydrogens is 475 g/mol. The van der Waals surface area contributed by atoms with Crippen molar-refractivity contribution < 1.29 is 22.9 Å². The molecule has 35 heavy (non-hydrogen) atoms. The van der Waals surface area contributed by atoms with Gasteiger partial charge in [-0.05, 0) is 36.2 Å². The van der Waals surface area contributed by atoms with Crippen molar-refractivity contribution in [3.8, 4) is 5.75 Å². The summed E-state index contributed by atoms with van der Waals surface area (Å²) in [5.74, 6) is -1.09. The molecular formula is C23H25FN6O4S. The van der Waals surface area contributed by atoms with E-state index in [2.05, 4.69) is 20.6 Å². The number of rotatable bonds is 6. The Morgan fingerprint density at radius 1 is 1.23 bits per heavy atom. The molecule has 1 aliphatic heterocycles. The van der Waals surface area contributed by atoms with Crippen molar-refractivity contribution in [3.63, 3.8) is 0 Å². The maximum absolute atomic E-state index is 13.7. The van der Waals surface area contributed by atoms with Crippen LogP contribution in [-0.4, -0.2) is 64.6 Å². The van der Waals surface area contributed by atoms with Crippen LogP contribution in [0.4, 0.5) is 10.2 Å². The van der Waals surface area contributed by atoms with Gasteiger partial charge < -0.3 is 15.4 Å². The number of hydrogen-bond acceptors (Lipinski definition) is 6. The van der Waals surface area contributed by atoms with E-state index < -0.39 is 28.8 Å². The van der Waals surface area contributed by atoms with Crippen LogP contribution in [0.3, 0.4) is 0 Å². The summed E-state index contributed by atoms with van der Waals surface area (Å²) in [6, 6.07) is 7.28. The average Bonchev–Trinajstić information content (AvgIpc) is 2.88. The van der Waals surface area contributed by atoms with Gasteiger partial charge in [-0.2, -0.15) is 0 Å². The number of anilines is 1. The lowest BCUT2D eigenvalue weighted by molar-refractivity contribution is 0.0933. The van der Waals surface area contributed by atoms with Crippen molar-refractivity contribution in [2.24, 2.45) is 0 Å². The largest absolute Gasteiger partial charge is 0.492 e. The predicted molar refractivity (Wildman–Crippen MR) is 130 cm³/mol. The van der Waals surface area contributed by atoms with Gasteiger partial charge in [0, 0.05) is 50.9 Å². The standard InChI is InChI=1S/C23H25FN6O4S/c1-25-22(31)17-12-15(24)8-7-14(17)13-27-23(32)19-20(34-3)18-16(6-4-9-26-18)21(28-19)30-11-5-10-29(2)35(30)33/h4,6-9,12H,5,10-11,13H2,1-3H3,(H,25,31)(H,27,32). The molecule has 0 radical (unpaired) electrons. The van der Waals surface area contributed by atoms with Gasteiger partial charge in [-0.25, -0.2) is 17.9 Å². The summed E-state index contributed by atoms with van der Waals surface area (Å²) in [5.41, 5.74) is 0.905. The molecule has 4 rings (SSSR count). The number of fused-ring (bicyclic) bond motifs is 1. The van der Waals surface area contributed by atoms with Gasteiger partial charge in [0.15, 0.2) is 28.4 Å². The Morgan fingerprint density at radius 2 is 2.03 bits per heavy atom. The van der Waals surface area contributed by atoms with Gasteiger partial charge >= 0.3 is 0 Å². The highest BCUT2D eigenvalue weighted by Crippen LogP contribution is 2.35. The minimum absolute atomic E-state index is 0.0393. The van der Waals surface area contributed by atoms with E-state index in [1.54, 1.807) is 34.0 Å². The van der Waals surface area contributed by atoms with Gasteiger partial charge in [0.05, 0.1) is 7.11 Å². The number of ether oxygens (including phenoxy) is 1. The molecule has 10 nitrogen and oxygen atoms in total. The molecule has 0 aliphatic carbocycles. The van der Waals surface area contributed by atoms with E-state index in [1.807, 2.05) is 0 Å². The summed E-state index contributed by atoms with van der Waals surface area (Å²) >= 11 is -1.48. The third-order valence-corrected chi connectivity index (χ3v) is 7.07. The molecule has 0 bridgehead atoms. The lowest BCUT2D eigenvalue weighted by Gasteiger charge is -2.32. The van der Waals surface area contributed by atoms with Crippen molar-refractivity contribution in [2.45, 2.75) is 13.0 Å². The van der Waals surface area contributed by atoms with Gasteiger partial charge in [0.25, 0.3) is 11.8 Å². The number of benzene rings is 1. The van der Waals surface area contributed by atoms with Gasteiger partial charge in [-0.15, -0.1) is 0 Å². The van der Waals surface area contributed by atoms with Gasteiger partial charge in [0.1, 0.15) is 11.3 Å². The van der Waals surface area contributed by atoms with E-state index in [4.69, 9.17) is 4.74 Å². The molecule has 3 aromatic rings. The van der Waals surface area contributed by atoms with E-state index in [0.717, 1.165) is 12.5 Å². The Hall–Kier alpha value is -3.64. The van der Waals surface area contributed by atoms with Crippen molar-refractivity contribution in [2.75, 3.05) is 38.6 Å². The first-order valence-electron chi connectivity index (χ1n) is 10.9. The first kappa shape index (κ1) is 24.5. The van der Waals surface area contributed by atoms with Crippen LogP contribution in [0.25, 0.3) is 10.9 Å². The number of nitrogens with zero attached hydrogens (tertiary/aromatic N) is 4. The minimum atomic E-state index is -1.48. The van der Waals surface area contributed by atoms with E-state index in [1.165, 1.54) is 26.3 Å². The van der Waals surface area contributed by atoms with E-state index >= 15 is 0 Å². The second kappa shape index (κ2) is 10.3. The molecule has 1 unspecified atom stereocenters. The molecule has 2 N–H and O–H groups in total. The van der Waals surface area contributed by atoms with E-state index in [0.29, 0.717) is 35.4 Å². The molecule has 2 aromatic heterocycles. The number of aromatic nitrogens is 2. The molecule has 12 heteroatoms. The summed E-state index contributed by atoms with van der Waals surface area (Å²) < 4.78 is 35.5. The monoisotopic (exact) mass is 500 g/mol. The van der Waals surface area contributed by atoms with Crippen molar-refractivity contribution in [1.82, 2.24) is 24.9 Å². The highest BCUT2D eigenvalue weighted by Gasteiger charge is 2.29. The third kappa shape index (κ3) is 4.80. The number of carbonyl (C=O) groups is 2. The highest BCUT2D eigenvalue weighted by atomic mass is 32.2. The molecule has 1 aliphatic rings. The number of nitrogens with one attached hydrogen (secondary N) is 2. The number of pyridine rings is 2. The predicted octanol–water partition coefficient (Wildman–Crippen LogP) is 1.79. The smallest absolute Gasteiger partial charge is 0.274 e. The maximum Gasteiger partial charge on any atom is 0.274 e. The van der Waals surface area contributed by atoms with Crippen LogP contribution in [0.2, 0.25) is 0 Å². The topological polar surface area (TPSA) is 117 Å². The fourth-order valence-electron chi connectivity index (χ4n) is 3.88. The molecule has 1 saturated heterocycles. The van der Waals surface area contributed by atoms with Crippen LogP contribution in [-0.2, 0) is 17.7 Å². The molecule has 1 aromatic carbocycles. The summed E-state index contributed by atoms with van der Waals surface area (Å²) in [4.78, 5) is 34.4. The lowest BCUT2D eigenvalue weighted by Crippen LogP contribution is -2.44. The zero-order valence-corrected chi connectivity index (χ0v) is 20.3. The van der Waals surface area contributed by atoms with Gasteiger partial charge in [-0.1, -0.05) is 6.07 Å². The van der Waals surface area contributed by atoms with Gasteiger partial charge in [-0.3, -0.25) is 18.9 Å². The van der Waals surface area contributed by atoms with Crippen molar-refractivity contribution in [3.05, 3.63) is 59.2 Å². The molecule has 3 heterocycles. The Balaban J connectivity index is 1.73. The summed E-state index contributed by atoms with van der Waals surface area (Å²) in [5, 5.41) is 5.79. The van der Waals surface area contributed by atoms with Crippen LogP contribution < -0.4 is 19.7 Å². The average molecular weight is 501 g/mol. The molecule has 1 atom stereocenters. The fourth-order valence-corrected chi connectivity index (χ4v) is 5.08. The zero-order chi connectivity index (χ0) is 25.1. The third-order valence-electron chi connectivity index (χ3n) is 5.62. The zero-order valence-electron chi connectivity index (χ0n) is 19.5. The van der Waals surface area contributed by atoms with E-state index in [9.17, 15) is 18.2 Å². The van der Waals surface area contributed by atoms with Crippen LogP contribution in [0, 0.1) is 5.82 Å². The molecule has 2 amide bonds. The quantitative estimate of drug-likeness (QED) is 0.533. The lowest BCUT2D eigenvalue weighted by atomic mass is 10.1. The Labute approximate surface area is 204 Å². The summed E-state index contributed by atoms with van der Waals surface area (Å²) in [7, 11) is 4.61. The first-order valence-corrected chi connectivity index (χ1v) is 11.9. The SMILES string of the molecule is CNC(=O)c1cc(F)ccc1CNC(=O)c1nc(N2CCCN(C)S2=O)c2cccnc2c1OC. The highest BCUT2D eigenvalue weighted by molar-refractivity contribution is 7.84. The van der Waals surface area contributed by atoms with Crippen LogP contribution >= 0.6 is 0 Å². The minimum Gasteiger partial charge on any atom is -0.492 e. The number of carbonyl (C=O) groups excluding carboxylic acids is 2. The molecule has 1 fully saturated rings. The summed E-state index contributed by atoms with van der Waals surface area (Å²) in [6.07, 6.45) is 2.34. The summed E-state index contributed by atoms with van der Waals surface area (Å²) in [6.45, 7) is 1.11. The van der Waals surface area contributed by atoms with Crippen LogP contribution in [0.15, 0.2) is 36.5 Å². The Bertz CT molecular complexity index is 1320. The number of methoxy groups -OCH3 is 1. The fraction of sp³-hybridized carbons (Fsp3) is 0.304. The second-order valence-electron chi connectivity index (χ2n) is 7.82. The maximum atomic E-state index is 13.7. The first-order chi connectivity index (χ1) is 16.8. The molecule has 0 spiro atoms. The second-order valence-corrected chi connectivity index (χ2v) is 9.34. The van der Waals surface area contributed by atoms with E-state index in [-0.39, 0.29) is 23.6 Å². The number of amides is 2. The molecule has 184 valence electrons. The van der Waals surface area contributed by atoms with Crippen molar-refractivity contribution in [1.29, 1.82) is 0 Å². The molecule has 0 saturated carbocycles. The van der Waals surface area contributed by atoms with Crippen molar-refractivity contribution >= 4 is 39.7 Å². The van der Waals surface area contributed by atoms with Gasteiger partial charge in [0.2, 0.25) is 0 Å². The van der Waals surface area contributed by atoms with Crippen LogP contribution in [0.1, 0.15) is 32.8 Å².